The first-order valence-electron chi connectivity index (χ1n) is 7.36. The third-order valence-electron chi connectivity index (χ3n) is 4.64. The van der Waals surface area contributed by atoms with E-state index in [1.165, 1.54) is 0 Å². The molecule has 1 amide bonds. The van der Waals surface area contributed by atoms with Crippen LogP contribution in [0.25, 0.3) is 0 Å². The largest absolute Gasteiger partial charge is 0.391 e. The molecule has 1 aliphatic carbocycles. The lowest BCUT2D eigenvalue weighted by Gasteiger charge is -2.35. The van der Waals surface area contributed by atoms with E-state index in [2.05, 4.69) is 5.32 Å². The Balaban J connectivity index is 2.68. The quantitative estimate of drug-likeness (QED) is 0.819. The number of alkyl halides is 3. The summed E-state index contributed by atoms with van der Waals surface area (Å²) in [5.41, 5.74) is 5.22. The summed E-state index contributed by atoms with van der Waals surface area (Å²) in [4.78, 5) is 12.2. The Labute approximate surface area is 118 Å². The van der Waals surface area contributed by atoms with E-state index < -0.39 is 23.6 Å². The molecular weight excluding hydrogens is 269 g/mol. The molecule has 20 heavy (non-hydrogen) atoms. The highest BCUT2D eigenvalue weighted by Gasteiger charge is 2.44. The van der Waals surface area contributed by atoms with Crippen LogP contribution in [-0.4, -0.2) is 24.2 Å². The van der Waals surface area contributed by atoms with Gasteiger partial charge in [-0.2, -0.15) is 13.2 Å². The molecular formula is C14H25F3N2O. The van der Waals surface area contributed by atoms with Gasteiger partial charge in [-0.3, -0.25) is 4.79 Å². The van der Waals surface area contributed by atoms with Gasteiger partial charge in [0.05, 0.1) is 11.5 Å². The molecule has 1 rings (SSSR count). The molecule has 0 heterocycles. The van der Waals surface area contributed by atoms with E-state index in [4.69, 9.17) is 5.73 Å². The topological polar surface area (TPSA) is 55.1 Å². The number of halogens is 3. The minimum absolute atomic E-state index is 0.0938. The van der Waals surface area contributed by atoms with E-state index >= 15 is 0 Å². The summed E-state index contributed by atoms with van der Waals surface area (Å²) in [6.07, 6.45) is -1.80. The molecule has 0 aliphatic heterocycles. The van der Waals surface area contributed by atoms with Gasteiger partial charge in [0, 0.05) is 12.5 Å². The van der Waals surface area contributed by atoms with Crippen molar-refractivity contribution >= 4 is 5.91 Å². The van der Waals surface area contributed by atoms with Crippen LogP contribution in [0, 0.1) is 11.8 Å². The van der Waals surface area contributed by atoms with Gasteiger partial charge in [-0.1, -0.05) is 20.3 Å². The average molecular weight is 294 g/mol. The number of hydrogen-bond acceptors (Lipinski definition) is 2. The molecule has 118 valence electrons. The smallest absolute Gasteiger partial charge is 0.349 e. The lowest BCUT2D eigenvalue weighted by molar-refractivity contribution is -0.186. The Morgan fingerprint density at radius 1 is 1.25 bits per heavy atom. The zero-order valence-corrected chi connectivity index (χ0v) is 12.2. The second-order valence-corrected chi connectivity index (χ2v) is 5.78. The maximum atomic E-state index is 12.8. The van der Waals surface area contributed by atoms with E-state index in [-0.39, 0.29) is 18.7 Å². The summed E-state index contributed by atoms with van der Waals surface area (Å²) in [5.74, 6) is -2.16. The van der Waals surface area contributed by atoms with Crippen LogP contribution < -0.4 is 11.1 Å². The van der Waals surface area contributed by atoms with Crippen molar-refractivity contribution in [1.29, 1.82) is 0 Å². The molecule has 3 N–H and O–H groups in total. The normalized spacial score (nSPS) is 24.5. The summed E-state index contributed by atoms with van der Waals surface area (Å²) in [5, 5.41) is 2.89. The van der Waals surface area contributed by atoms with Crippen molar-refractivity contribution in [2.75, 3.05) is 6.54 Å². The van der Waals surface area contributed by atoms with Crippen LogP contribution in [-0.2, 0) is 4.79 Å². The molecule has 3 nitrogen and oxygen atoms in total. The molecule has 6 heteroatoms. The number of amides is 1. The lowest BCUT2D eigenvalue weighted by atomic mass is 9.80. The Hall–Kier alpha value is -0.780. The second-order valence-electron chi connectivity index (χ2n) is 5.78. The van der Waals surface area contributed by atoms with Gasteiger partial charge in [0.15, 0.2) is 0 Å². The van der Waals surface area contributed by atoms with Crippen LogP contribution in [0.4, 0.5) is 13.2 Å². The number of hydrogen-bond donors (Lipinski definition) is 2. The Morgan fingerprint density at radius 2 is 1.85 bits per heavy atom. The highest BCUT2D eigenvalue weighted by molar-refractivity contribution is 5.79. The van der Waals surface area contributed by atoms with Crippen molar-refractivity contribution in [3.8, 4) is 0 Å². The fourth-order valence-corrected chi connectivity index (χ4v) is 2.86. The zero-order valence-electron chi connectivity index (χ0n) is 12.2. The molecule has 0 bridgehead atoms. The summed E-state index contributed by atoms with van der Waals surface area (Å²) >= 11 is 0. The summed E-state index contributed by atoms with van der Waals surface area (Å²) < 4.78 is 38.3. The molecule has 0 radical (unpaired) electrons. The second kappa shape index (κ2) is 6.78. The van der Waals surface area contributed by atoms with Crippen LogP contribution in [0.15, 0.2) is 0 Å². The third-order valence-corrected chi connectivity index (χ3v) is 4.64. The van der Waals surface area contributed by atoms with Crippen LogP contribution in [0.2, 0.25) is 0 Å². The van der Waals surface area contributed by atoms with Gasteiger partial charge in [-0.05, 0) is 32.1 Å². The van der Waals surface area contributed by atoms with Crippen molar-refractivity contribution in [1.82, 2.24) is 5.32 Å². The van der Waals surface area contributed by atoms with Gasteiger partial charge < -0.3 is 11.1 Å². The SMILES string of the molecule is CCC(CC)(CN)NC(=O)C1CCCC(C(F)(F)F)C1. The highest BCUT2D eigenvalue weighted by Crippen LogP contribution is 2.40. The number of nitrogens with one attached hydrogen (secondary N) is 1. The average Bonchev–Trinajstić information content (AvgIpc) is 2.44. The van der Waals surface area contributed by atoms with E-state index in [0.717, 1.165) is 0 Å². The van der Waals surface area contributed by atoms with Crippen molar-refractivity contribution in [2.24, 2.45) is 17.6 Å². The van der Waals surface area contributed by atoms with E-state index in [9.17, 15) is 18.0 Å². The Kier molecular flexibility index (Phi) is 5.86. The summed E-state index contributed by atoms with van der Waals surface area (Å²) in [6, 6.07) is 0. The molecule has 0 aromatic heterocycles. The standard InChI is InChI=1S/C14H25F3N2O/c1-3-13(4-2,9-18)19-12(20)10-6-5-7-11(8-10)14(15,16)17/h10-11H,3-9,18H2,1-2H3,(H,19,20). The molecule has 1 saturated carbocycles. The van der Waals surface area contributed by atoms with Crippen molar-refractivity contribution in [3.63, 3.8) is 0 Å². The zero-order chi connectivity index (χ0) is 15.4. The number of carbonyl (C=O) groups excluding carboxylic acids is 1. The summed E-state index contributed by atoms with van der Waals surface area (Å²) in [6.45, 7) is 4.16. The van der Waals surface area contributed by atoms with Crippen molar-refractivity contribution < 1.29 is 18.0 Å². The fourth-order valence-electron chi connectivity index (χ4n) is 2.86. The van der Waals surface area contributed by atoms with Crippen LogP contribution in [0.1, 0.15) is 52.4 Å². The minimum Gasteiger partial charge on any atom is -0.349 e. The molecule has 0 saturated heterocycles. The van der Waals surface area contributed by atoms with Gasteiger partial charge in [0.25, 0.3) is 0 Å². The molecule has 0 aromatic carbocycles. The maximum absolute atomic E-state index is 12.8. The van der Waals surface area contributed by atoms with Gasteiger partial charge in [0.2, 0.25) is 5.91 Å². The lowest BCUT2D eigenvalue weighted by Crippen LogP contribution is -2.55. The first-order valence-corrected chi connectivity index (χ1v) is 7.36. The molecule has 1 fully saturated rings. The number of nitrogens with two attached hydrogens (primary N) is 1. The molecule has 0 aromatic rings. The van der Waals surface area contributed by atoms with Gasteiger partial charge in [-0.25, -0.2) is 0 Å². The van der Waals surface area contributed by atoms with Gasteiger partial charge >= 0.3 is 6.18 Å². The fraction of sp³-hybridized carbons (Fsp3) is 0.929. The predicted octanol–water partition coefficient (Wildman–Crippen LogP) is 2.99. The van der Waals surface area contributed by atoms with Gasteiger partial charge in [-0.15, -0.1) is 0 Å². The molecule has 2 atom stereocenters. The summed E-state index contributed by atoms with van der Waals surface area (Å²) in [7, 11) is 0. The predicted molar refractivity (Wildman–Crippen MR) is 72.0 cm³/mol. The first-order chi connectivity index (χ1) is 9.28. The molecule has 1 aliphatic rings. The first kappa shape index (κ1) is 17.3. The van der Waals surface area contributed by atoms with Crippen LogP contribution in [0.5, 0.6) is 0 Å². The molecule has 0 spiro atoms. The third kappa shape index (κ3) is 4.11. The minimum atomic E-state index is -4.20. The number of rotatable bonds is 5. The van der Waals surface area contributed by atoms with Crippen molar-refractivity contribution in [3.05, 3.63) is 0 Å². The molecule has 2 unspecified atom stereocenters. The number of carbonyl (C=O) groups is 1. The Morgan fingerprint density at radius 3 is 2.30 bits per heavy atom. The van der Waals surface area contributed by atoms with Crippen LogP contribution in [0.3, 0.4) is 0 Å². The monoisotopic (exact) mass is 294 g/mol. The van der Waals surface area contributed by atoms with E-state index in [1.807, 2.05) is 13.8 Å². The Bertz CT molecular complexity index is 319. The van der Waals surface area contributed by atoms with E-state index in [0.29, 0.717) is 32.2 Å². The van der Waals surface area contributed by atoms with Gasteiger partial charge in [0.1, 0.15) is 0 Å². The maximum Gasteiger partial charge on any atom is 0.391 e. The van der Waals surface area contributed by atoms with Crippen molar-refractivity contribution in [2.45, 2.75) is 64.1 Å². The van der Waals surface area contributed by atoms with Crippen LogP contribution >= 0.6 is 0 Å². The van der Waals surface area contributed by atoms with E-state index in [1.54, 1.807) is 0 Å². The highest BCUT2D eigenvalue weighted by atomic mass is 19.4.